The minimum Gasteiger partial charge on any atom is -0.378 e. The first-order valence-corrected chi connectivity index (χ1v) is 11.5. The highest BCUT2D eigenvalue weighted by molar-refractivity contribution is 7.20. The molecule has 9 heteroatoms. The summed E-state index contributed by atoms with van der Waals surface area (Å²) in [5, 5.41) is 14.3. The van der Waals surface area contributed by atoms with E-state index < -0.39 is 10.8 Å². The van der Waals surface area contributed by atoms with E-state index in [2.05, 4.69) is 5.32 Å². The molecule has 0 saturated carbocycles. The standard InChI is InChI=1S/C25H23N3O5S/c1-17-22(25(30)27-12-14-33-15-13-27)24(34-23(17)19-7-3-2-4-8-19)26-21(29)11-10-18-6-5-9-20(16-18)28(31)32/h2-11,16H,12-15H2,1H3,(H,26,29)/b11-10+. The van der Waals surface area contributed by atoms with Gasteiger partial charge >= 0.3 is 0 Å². The van der Waals surface area contributed by atoms with Gasteiger partial charge in [0.25, 0.3) is 11.6 Å². The molecular weight excluding hydrogens is 454 g/mol. The molecule has 2 aromatic carbocycles. The average Bonchev–Trinajstić information content (AvgIpc) is 3.18. The van der Waals surface area contributed by atoms with Crippen molar-refractivity contribution in [2.24, 2.45) is 0 Å². The lowest BCUT2D eigenvalue weighted by Crippen LogP contribution is -2.41. The average molecular weight is 478 g/mol. The second-order valence-electron chi connectivity index (χ2n) is 7.71. The fraction of sp³-hybridized carbons (Fsp3) is 0.200. The van der Waals surface area contributed by atoms with E-state index in [1.54, 1.807) is 17.0 Å². The lowest BCUT2D eigenvalue weighted by atomic mass is 10.1. The third kappa shape index (κ3) is 5.22. The number of non-ortho nitro benzene ring substituents is 1. The van der Waals surface area contributed by atoms with Gasteiger partial charge in [-0.3, -0.25) is 19.7 Å². The fourth-order valence-electron chi connectivity index (χ4n) is 3.72. The van der Waals surface area contributed by atoms with Gasteiger partial charge in [-0.25, -0.2) is 0 Å². The Hall–Kier alpha value is -3.82. The third-order valence-electron chi connectivity index (χ3n) is 5.44. The van der Waals surface area contributed by atoms with Gasteiger partial charge in [-0.2, -0.15) is 0 Å². The Labute approximate surface area is 200 Å². The first-order chi connectivity index (χ1) is 16.4. The van der Waals surface area contributed by atoms with Crippen LogP contribution in [0.1, 0.15) is 21.5 Å². The Morgan fingerprint density at radius 3 is 2.56 bits per heavy atom. The number of hydrogen-bond donors (Lipinski definition) is 1. The van der Waals surface area contributed by atoms with Crippen LogP contribution in [-0.2, 0) is 9.53 Å². The van der Waals surface area contributed by atoms with Gasteiger partial charge in [-0.05, 0) is 29.7 Å². The summed E-state index contributed by atoms with van der Waals surface area (Å²) in [6.45, 7) is 3.84. The molecule has 0 radical (unpaired) electrons. The topological polar surface area (TPSA) is 102 Å². The molecule has 1 aromatic heterocycles. The van der Waals surface area contributed by atoms with Gasteiger partial charge in [0.1, 0.15) is 5.00 Å². The van der Waals surface area contributed by atoms with Crippen molar-refractivity contribution >= 4 is 39.9 Å². The molecule has 1 aliphatic rings. The number of benzene rings is 2. The zero-order chi connectivity index (χ0) is 24.1. The number of hydrogen-bond acceptors (Lipinski definition) is 6. The lowest BCUT2D eigenvalue weighted by Gasteiger charge is -2.27. The summed E-state index contributed by atoms with van der Waals surface area (Å²) < 4.78 is 5.37. The normalized spacial score (nSPS) is 13.7. The fourth-order valence-corrected chi connectivity index (χ4v) is 4.92. The summed E-state index contributed by atoms with van der Waals surface area (Å²) in [4.78, 5) is 39.3. The summed E-state index contributed by atoms with van der Waals surface area (Å²) in [7, 11) is 0. The van der Waals surface area contributed by atoms with Crippen LogP contribution in [0.5, 0.6) is 0 Å². The van der Waals surface area contributed by atoms with Crippen LogP contribution in [-0.4, -0.2) is 47.9 Å². The quantitative estimate of drug-likeness (QED) is 0.313. The molecule has 1 N–H and O–H groups in total. The molecule has 0 unspecified atom stereocenters. The molecule has 1 saturated heterocycles. The van der Waals surface area contributed by atoms with E-state index in [4.69, 9.17) is 4.74 Å². The van der Waals surface area contributed by atoms with Crippen molar-refractivity contribution in [3.05, 3.63) is 87.5 Å². The third-order valence-corrected chi connectivity index (χ3v) is 6.70. The van der Waals surface area contributed by atoms with Gasteiger partial charge in [-0.1, -0.05) is 42.5 Å². The first kappa shape index (κ1) is 23.3. The van der Waals surface area contributed by atoms with Crippen molar-refractivity contribution < 1.29 is 19.2 Å². The Kier molecular flexibility index (Phi) is 7.15. The number of nitrogens with zero attached hydrogens (tertiary/aromatic N) is 2. The number of nitro groups is 1. The predicted octanol–water partition coefficient (Wildman–Crippen LogP) is 4.76. The van der Waals surface area contributed by atoms with Crippen LogP contribution >= 0.6 is 11.3 Å². The van der Waals surface area contributed by atoms with Gasteiger partial charge in [0.15, 0.2) is 0 Å². The molecule has 2 heterocycles. The van der Waals surface area contributed by atoms with Crippen LogP contribution in [0.3, 0.4) is 0 Å². The molecule has 34 heavy (non-hydrogen) atoms. The van der Waals surface area contributed by atoms with Crippen LogP contribution in [0.4, 0.5) is 10.7 Å². The number of carbonyl (C=O) groups is 2. The largest absolute Gasteiger partial charge is 0.378 e. The summed E-state index contributed by atoms with van der Waals surface area (Å²) >= 11 is 1.35. The second-order valence-corrected chi connectivity index (χ2v) is 8.73. The number of thiophene rings is 1. The highest BCUT2D eigenvalue weighted by Crippen LogP contribution is 2.40. The van der Waals surface area contributed by atoms with E-state index in [0.717, 1.165) is 16.0 Å². The number of morpholine rings is 1. The number of nitrogens with one attached hydrogen (secondary N) is 1. The molecule has 1 aliphatic heterocycles. The SMILES string of the molecule is Cc1c(-c2ccccc2)sc(NC(=O)/C=C/c2cccc([N+](=O)[O-])c2)c1C(=O)N1CCOCC1. The molecule has 1 fully saturated rings. The van der Waals surface area contributed by atoms with Crippen molar-refractivity contribution in [2.45, 2.75) is 6.92 Å². The van der Waals surface area contributed by atoms with Crippen LogP contribution < -0.4 is 5.32 Å². The van der Waals surface area contributed by atoms with E-state index in [1.807, 2.05) is 37.3 Å². The maximum Gasteiger partial charge on any atom is 0.270 e. The zero-order valence-electron chi connectivity index (χ0n) is 18.5. The van der Waals surface area contributed by atoms with E-state index in [-0.39, 0.29) is 11.6 Å². The molecule has 174 valence electrons. The van der Waals surface area contributed by atoms with Crippen molar-refractivity contribution in [1.82, 2.24) is 4.90 Å². The number of ether oxygens (including phenoxy) is 1. The van der Waals surface area contributed by atoms with Crippen LogP contribution in [0.15, 0.2) is 60.7 Å². The number of amides is 2. The molecular formula is C25H23N3O5S. The zero-order valence-corrected chi connectivity index (χ0v) is 19.3. The first-order valence-electron chi connectivity index (χ1n) is 10.7. The number of nitro benzene ring substituents is 1. The summed E-state index contributed by atoms with van der Waals surface area (Å²) in [6.07, 6.45) is 2.81. The van der Waals surface area contributed by atoms with Gasteiger partial charge in [-0.15, -0.1) is 11.3 Å². The highest BCUT2D eigenvalue weighted by atomic mass is 32.1. The maximum atomic E-state index is 13.4. The molecule has 0 atom stereocenters. The van der Waals surface area contributed by atoms with Crippen LogP contribution in [0.25, 0.3) is 16.5 Å². The minimum absolute atomic E-state index is 0.0534. The van der Waals surface area contributed by atoms with Crippen molar-refractivity contribution in [1.29, 1.82) is 0 Å². The molecule has 8 nitrogen and oxygen atoms in total. The number of rotatable bonds is 6. The van der Waals surface area contributed by atoms with Crippen molar-refractivity contribution in [2.75, 3.05) is 31.6 Å². The van der Waals surface area contributed by atoms with Gasteiger partial charge in [0.05, 0.1) is 23.7 Å². The van der Waals surface area contributed by atoms with E-state index in [1.165, 1.54) is 35.6 Å². The van der Waals surface area contributed by atoms with Crippen molar-refractivity contribution in [3.63, 3.8) is 0 Å². The number of anilines is 1. The Bertz CT molecular complexity index is 1250. The minimum atomic E-state index is -0.486. The predicted molar refractivity (Wildman–Crippen MR) is 132 cm³/mol. The van der Waals surface area contributed by atoms with E-state index in [9.17, 15) is 19.7 Å². The van der Waals surface area contributed by atoms with Gasteiger partial charge in [0, 0.05) is 36.2 Å². The van der Waals surface area contributed by atoms with Gasteiger partial charge < -0.3 is 15.0 Å². The molecule has 0 spiro atoms. The molecule has 0 aliphatic carbocycles. The summed E-state index contributed by atoms with van der Waals surface area (Å²) in [6, 6.07) is 15.7. The highest BCUT2D eigenvalue weighted by Gasteiger charge is 2.27. The molecule has 0 bridgehead atoms. The Morgan fingerprint density at radius 1 is 1.12 bits per heavy atom. The molecule has 3 aromatic rings. The van der Waals surface area contributed by atoms with Crippen LogP contribution in [0, 0.1) is 17.0 Å². The van der Waals surface area contributed by atoms with E-state index >= 15 is 0 Å². The molecule has 2 amide bonds. The van der Waals surface area contributed by atoms with Gasteiger partial charge in [0.2, 0.25) is 5.91 Å². The Balaban J connectivity index is 1.63. The number of carbonyl (C=O) groups excluding carboxylic acids is 2. The van der Waals surface area contributed by atoms with Crippen LogP contribution in [0.2, 0.25) is 0 Å². The lowest BCUT2D eigenvalue weighted by molar-refractivity contribution is -0.384. The molecule has 4 rings (SSSR count). The summed E-state index contributed by atoms with van der Waals surface area (Å²) in [5.74, 6) is -0.569. The summed E-state index contributed by atoms with van der Waals surface area (Å²) in [5.41, 5.74) is 2.73. The van der Waals surface area contributed by atoms with Crippen molar-refractivity contribution in [3.8, 4) is 10.4 Å². The van der Waals surface area contributed by atoms with E-state index in [0.29, 0.717) is 42.4 Å². The maximum absolute atomic E-state index is 13.4. The second kappa shape index (κ2) is 10.4. The Morgan fingerprint density at radius 2 is 1.85 bits per heavy atom. The monoisotopic (exact) mass is 477 g/mol. The smallest absolute Gasteiger partial charge is 0.270 e.